The van der Waals surface area contributed by atoms with Crippen LogP contribution in [0.5, 0.6) is 11.5 Å². The molecule has 2 aliphatic heterocycles. The number of carbonyl (C=O) groups is 5. The van der Waals surface area contributed by atoms with Crippen molar-refractivity contribution in [1.29, 1.82) is 0 Å². The Labute approximate surface area is 252 Å². The number of benzene rings is 1. The minimum absolute atomic E-state index is 0.0889. The second-order valence-electron chi connectivity index (χ2n) is 11.0. The van der Waals surface area contributed by atoms with Gasteiger partial charge in [-0.25, -0.2) is 9.59 Å². The van der Waals surface area contributed by atoms with Crippen LogP contribution >= 0.6 is 0 Å². The highest BCUT2D eigenvalue weighted by molar-refractivity contribution is 5.85. The predicted octanol–water partition coefficient (Wildman–Crippen LogP) is 1.40. The number of hydrogen-bond acceptors (Lipinski definition) is 11. The van der Waals surface area contributed by atoms with E-state index >= 15 is 0 Å². The molecular formula is C28H30F3NO13. The maximum absolute atomic E-state index is 13.1. The van der Waals surface area contributed by atoms with Crippen LogP contribution in [0.25, 0.3) is 0 Å². The molecule has 2 heterocycles. The third-order valence-corrected chi connectivity index (χ3v) is 8.46. The van der Waals surface area contributed by atoms with E-state index in [2.05, 4.69) is 4.90 Å². The van der Waals surface area contributed by atoms with Gasteiger partial charge in [0.15, 0.2) is 17.6 Å². The van der Waals surface area contributed by atoms with Gasteiger partial charge in [-0.15, -0.1) is 0 Å². The van der Waals surface area contributed by atoms with Gasteiger partial charge in [0.2, 0.25) is 6.10 Å². The smallest absolute Gasteiger partial charge is 0.490 e. The van der Waals surface area contributed by atoms with Gasteiger partial charge in [-0.1, -0.05) is 6.07 Å². The Kier molecular flexibility index (Phi) is 9.08. The van der Waals surface area contributed by atoms with Crippen LogP contribution in [0.3, 0.4) is 0 Å². The van der Waals surface area contributed by atoms with Crippen molar-refractivity contribution in [2.24, 2.45) is 0 Å². The van der Waals surface area contributed by atoms with Crippen molar-refractivity contribution >= 4 is 29.8 Å². The SMILES string of the molecule is COc1ccc2c3c1O[C@H]1C(OC(=O)C(CC(=O)O)OC(=O)CCC(=O)O)=CC[C@@]4(O)[C@@H](C2)N(C)CC[C@]314.O=C(O)C(F)(F)F. The molecule has 0 aromatic heterocycles. The van der Waals surface area contributed by atoms with Crippen LogP contribution < -0.4 is 9.47 Å². The number of carboxylic acids is 3. The van der Waals surface area contributed by atoms with Gasteiger partial charge >= 0.3 is 36.0 Å². The van der Waals surface area contributed by atoms with Crippen molar-refractivity contribution in [1.82, 2.24) is 4.90 Å². The van der Waals surface area contributed by atoms with Crippen molar-refractivity contribution in [3.8, 4) is 11.5 Å². The number of ether oxygens (including phenoxy) is 4. The second kappa shape index (κ2) is 12.2. The number of hydrogen-bond donors (Lipinski definition) is 4. The Balaban J connectivity index is 0.000000591. The van der Waals surface area contributed by atoms with E-state index in [0.717, 1.165) is 11.1 Å². The van der Waals surface area contributed by atoms with Gasteiger partial charge in [0.1, 0.15) is 5.76 Å². The molecule has 5 rings (SSSR count). The Bertz CT molecular complexity index is 1440. The summed E-state index contributed by atoms with van der Waals surface area (Å²) in [6.07, 6.45) is -6.87. The monoisotopic (exact) mass is 645 g/mol. The van der Waals surface area contributed by atoms with Crippen LogP contribution in [-0.2, 0) is 45.3 Å². The van der Waals surface area contributed by atoms with Gasteiger partial charge in [0, 0.05) is 18.0 Å². The van der Waals surface area contributed by atoms with Crippen molar-refractivity contribution in [2.75, 3.05) is 20.7 Å². The Morgan fingerprint density at radius 3 is 2.36 bits per heavy atom. The first-order valence-electron chi connectivity index (χ1n) is 13.6. The zero-order valence-corrected chi connectivity index (χ0v) is 24.0. The fourth-order valence-electron chi connectivity index (χ4n) is 6.53. The third-order valence-electron chi connectivity index (χ3n) is 8.46. The number of carboxylic acid groups (broad SMARTS) is 3. The number of aliphatic hydroxyl groups is 1. The van der Waals surface area contributed by atoms with Crippen LogP contribution in [-0.4, -0.2) is 106 Å². The molecule has 4 aliphatic rings. The lowest BCUT2D eigenvalue weighted by Gasteiger charge is -2.61. The highest BCUT2D eigenvalue weighted by Gasteiger charge is 2.72. The fraction of sp³-hybridized carbons (Fsp3) is 0.536. The summed E-state index contributed by atoms with van der Waals surface area (Å²) in [6.45, 7) is 0.660. The lowest BCUT2D eigenvalue weighted by Crippen LogP contribution is -2.74. The van der Waals surface area contributed by atoms with E-state index in [1.54, 1.807) is 12.1 Å². The second-order valence-corrected chi connectivity index (χ2v) is 11.0. The molecule has 2 aliphatic carbocycles. The van der Waals surface area contributed by atoms with Gasteiger partial charge in [-0.3, -0.25) is 14.4 Å². The maximum Gasteiger partial charge on any atom is 0.490 e. The molecule has 45 heavy (non-hydrogen) atoms. The molecule has 0 amide bonds. The number of methoxy groups -OCH3 is 1. The predicted molar refractivity (Wildman–Crippen MR) is 140 cm³/mol. The molecule has 1 unspecified atom stereocenters. The van der Waals surface area contributed by atoms with Crippen molar-refractivity contribution < 1.29 is 76.5 Å². The summed E-state index contributed by atoms with van der Waals surface area (Å²) >= 11 is 0. The van der Waals surface area contributed by atoms with Crippen LogP contribution in [0.2, 0.25) is 0 Å². The molecular weight excluding hydrogens is 615 g/mol. The van der Waals surface area contributed by atoms with Crippen molar-refractivity contribution in [3.05, 3.63) is 35.1 Å². The average Bonchev–Trinajstić information content (AvgIpc) is 3.30. The molecule has 1 aromatic carbocycles. The molecule has 1 aromatic rings. The van der Waals surface area contributed by atoms with E-state index in [9.17, 15) is 42.6 Å². The molecule has 246 valence electrons. The number of alkyl halides is 3. The lowest BCUT2D eigenvalue weighted by atomic mass is 9.50. The van der Waals surface area contributed by atoms with Crippen LogP contribution in [0, 0.1) is 0 Å². The van der Waals surface area contributed by atoms with E-state index in [-0.39, 0.29) is 18.2 Å². The van der Waals surface area contributed by atoms with Gasteiger partial charge in [0.25, 0.3) is 0 Å². The summed E-state index contributed by atoms with van der Waals surface area (Å²) in [6, 6.07) is 3.55. The summed E-state index contributed by atoms with van der Waals surface area (Å²) in [7, 11) is 3.48. The quantitative estimate of drug-likeness (QED) is 0.280. The molecule has 14 nitrogen and oxygen atoms in total. The summed E-state index contributed by atoms with van der Waals surface area (Å²) in [5.41, 5.74) is -0.327. The van der Waals surface area contributed by atoms with E-state index in [4.69, 9.17) is 34.0 Å². The number of halogens is 3. The number of nitrogens with zero attached hydrogens (tertiary/aromatic N) is 1. The fourth-order valence-corrected chi connectivity index (χ4v) is 6.53. The number of rotatable bonds is 9. The van der Waals surface area contributed by atoms with E-state index in [1.807, 2.05) is 13.1 Å². The highest BCUT2D eigenvalue weighted by Crippen LogP contribution is 2.65. The molecule has 5 atom stereocenters. The standard InChI is InChI=1S/C26H29NO11.C2HF3O2/c1-27-10-9-25-21-13-3-4-14(35-2)22(21)38-23(25)15(7-8-26(25,34)17(27)11-13)37-24(33)16(12-19(30)31)36-20(32)6-5-18(28)29;3-2(4,5)1(6)7/h3-4,7,16-17,23,34H,5-6,8-12H2,1-2H3,(H,28,29)(H,30,31);(H,6,7)/t16?,17-,23+,25+,26-;/m1./s1. The zero-order chi connectivity index (χ0) is 33.5. The Hall–Kier alpha value is -4.38. The largest absolute Gasteiger partial charge is 0.493 e. The van der Waals surface area contributed by atoms with Gasteiger partial charge < -0.3 is 44.3 Å². The van der Waals surface area contributed by atoms with Gasteiger partial charge in [0.05, 0.1) is 37.4 Å². The first-order valence-corrected chi connectivity index (χ1v) is 13.6. The normalized spacial score (nSPS) is 26.5. The molecule has 0 radical (unpaired) electrons. The highest BCUT2D eigenvalue weighted by atomic mass is 19.4. The molecule has 1 fully saturated rings. The Morgan fingerprint density at radius 1 is 1.11 bits per heavy atom. The number of likely N-dealkylation sites (N-methyl/N-ethyl adjacent to an activating group) is 1. The molecule has 0 saturated carbocycles. The van der Waals surface area contributed by atoms with Crippen LogP contribution in [0.4, 0.5) is 13.2 Å². The topological polar surface area (TPSA) is 206 Å². The average molecular weight is 646 g/mol. The number of aliphatic carboxylic acids is 3. The molecule has 17 heteroatoms. The summed E-state index contributed by atoms with van der Waals surface area (Å²) in [4.78, 5) is 58.3. The molecule has 1 spiro atoms. The number of piperidine rings is 1. The maximum atomic E-state index is 13.1. The van der Waals surface area contributed by atoms with Gasteiger partial charge in [-0.2, -0.15) is 13.2 Å². The summed E-state index contributed by atoms with van der Waals surface area (Å²) in [5, 5.41) is 37.4. The molecule has 4 N–H and O–H groups in total. The van der Waals surface area contributed by atoms with Gasteiger partial charge in [-0.05, 0) is 44.1 Å². The van der Waals surface area contributed by atoms with E-state index in [1.165, 1.54) is 7.11 Å². The first kappa shape index (κ1) is 33.5. The van der Waals surface area contributed by atoms with E-state index in [0.29, 0.717) is 30.9 Å². The zero-order valence-electron chi connectivity index (χ0n) is 24.0. The Morgan fingerprint density at radius 2 is 1.78 bits per heavy atom. The first-order chi connectivity index (χ1) is 21.0. The number of likely N-dealkylation sites (tertiary alicyclic amines) is 1. The summed E-state index contributed by atoms with van der Waals surface area (Å²) in [5.74, 6) is -6.53. The van der Waals surface area contributed by atoms with Crippen molar-refractivity contribution in [3.63, 3.8) is 0 Å². The van der Waals surface area contributed by atoms with Crippen LogP contribution in [0.1, 0.15) is 43.2 Å². The van der Waals surface area contributed by atoms with Crippen molar-refractivity contribution in [2.45, 2.75) is 74.0 Å². The lowest BCUT2D eigenvalue weighted by molar-refractivity contribution is -0.192. The number of carbonyl (C=O) groups excluding carboxylic acids is 2. The van der Waals surface area contributed by atoms with E-state index < -0.39 is 78.5 Å². The third kappa shape index (κ3) is 6.01. The minimum atomic E-state index is -5.08. The number of esters is 2. The minimum Gasteiger partial charge on any atom is -0.493 e. The molecule has 2 bridgehead atoms. The van der Waals surface area contributed by atoms with Crippen LogP contribution in [0.15, 0.2) is 24.0 Å². The molecule has 1 saturated heterocycles. The summed E-state index contributed by atoms with van der Waals surface area (Å²) < 4.78 is 54.3.